The van der Waals surface area contributed by atoms with Gasteiger partial charge in [-0.15, -0.1) is 34.8 Å². The van der Waals surface area contributed by atoms with Crippen LogP contribution < -0.4 is 0 Å². The molecule has 0 aliphatic heterocycles. The molecule has 0 N–H and O–H groups in total. The molecule has 0 radical (unpaired) electrons. The van der Waals surface area contributed by atoms with E-state index >= 15 is 0 Å². The van der Waals surface area contributed by atoms with E-state index < -0.39 is 0 Å². The van der Waals surface area contributed by atoms with Crippen molar-refractivity contribution in [2.75, 3.05) is 5.88 Å². The first-order chi connectivity index (χ1) is 6.41. The van der Waals surface area contributed by atoms with Gasteiger partial charge >= 0.3 is 0 Å². The highest BCUT2D eigenvalue weighted by atomic mass is 79.9. The van der Waals surface area contributed by atoms with Crippen molar-refractivity contribution in [2.24, 2.45) is 5.41 Å². The summed E-state index contributed by atoms with van der Waals surface area (Å²) in [5.74, 6) is 0.477. The molecule has 1 aliphatic carbocycles. The first-order valence-corrected chi connectivity index (χ1v) is 6.91. The summed E-state index contributed by atoms with van der Waals surface area (Å²) >= 11 is 22.0. The van der Waals surface area contributed by atoms with Crippen LogP contribution in [-0.2, 0) is 0 Å². The van der Waals surface area contributed by atoms with E-state index in [1.807, 2.05) is 6.08 Å². The molecule has 0 saturated heterocycles. The summed E-state index contributed by atoms with van der Waals surface area (Å²) in [4.78, 5) is 0.354. The van der Waals surface area contributed by atoms with Gasteiger partial charge < -0.3 is 0 Å². The van der Waals surface area contributed by atoms with Crippen molar-refractivity contribution >= 4 is 50.7 Å². The van der Waals surface area contributed by atoms with E-state index in [1.165, 1.54) is 0 Å². The average Bonchev–Trinajstić information content (AvgIpc) is 2.10. The van der Waals surface area contributed by atoms with Crippen molar-refractivity contribution in [3.8, 4) is 0 Å². The standard InChI is InChI=1S/C10H14BrCl3/c1-10(2)8(11)5-7(13)6(3-4-12)9(10)14/h3,7-9H,4-5H2,1-2H3/b6-3+/t7-,8-,9-/m1/s1. The molecule has 3 atom stereocenters. The summed E-state index contributed by atoms with van der Waals surface area (Å²) in [5, 5.41) is -0.0319. The quantitative estimate of drug-likeness (QED) is 0.491. The fourth-order valence-electron chi connectivity index (χ4n) is 1.69. The van der Waals surface area contributed by atoms with Gasteiger partial charge in [0.15, 0.2) is 0 Å². The lowest BCUT2D eigenvalue weighted by atomic mass is 9.74. The summed E-state index contributed by atoms with van der Waals surface area (Å²) in [5.41, 5.74) is 1.09. The molecule has 1 saturated carbocycles. The molecule has 4 heteroatoms. The van der Waals surface area contributed by atoms with Gasteiger partial charge in [0.1, 0.15) is 0 Å². The van der Waals surface area contributed by atoms with Crippen LogP contribution in [0.1, 0.15) is 20.3 Å². The second-order valence-corrected chi connectivity index (χ2v) is 6.59. The molecule has 0 aromatic heterocycles. The lowest BCUT2D eigenvalue weighted by Gasteiger charge is -2.43. The molecule has 0 heterocycles. The van der Waals surface area contributed by atoms with Crippen molar-refractivity contribution in [1.82, 2.24) is 0 Å². The maximum Gasteiger partial charge on any atom is 0.0621 e. The monoisotopic (exact) mass is 318 g/mol. The Hall–Kier alpha value is 1.09. The Morgan fingerprint density at radius 2 is 2.07 bits per heavy atom. The second kappa shape index (κ2) is 4.95. The van der Waals surface area contributed by atoms with Crippen LogP contribution in [0.15, 0.2) is 11.6 Å². The lowest BCUT2D eigenvalue weighted by Crippen LogP contribution is -2.43. The summed E-state index contributed by atoms with van der Waals surface area (Å²) in [6, 6.07) is 0. The van der Waals surface area contributed by atoms with Crippen molar-refractivity contribution in [3.05, 3.63) is 11.6 Å². The second-order valence-electron chi connectivity index (χ2n) is 4.21. The molecular formula is C10H14BrCl3. The Morgan fingerprint density at radius 1 is 1.50 bits per heavy atom. The van der Waals surface area contributed by atoms with Crippen molar-refractivity contribution in [3.63, 3.8) is 0 Å². The van der Waals surface area contributed by atoms with Crippen molar-refractivity contribution < 1.29 is 0 Å². The van der Waals surface area contributed by atoms with Gasteiger partial charge in [-0.2, -0.15) is 0 Å². The Labute approximate surface area is 109 Å². The van der Waals surface area contributed by atoms with Gasteiger partial charge in [0.05, 0.1) is 10.8 Å². The third-order valence-corrected chi connectivity index (χ3v) is 5.79. The summed E-state index contributed by atoms with van der Waals surface area (Å²) in [6.07, 6.45) is 2.85. The number of alkyl halides is 4. The maximum absolute atomic E-state index is 6.40. The zero-order valence-electron chi connectivity index (χ0n) is 8.24. The fraction of sp³-hybridized carbons (Fsp3) is 0.800. The minimum atomic E-state index is -0.0399. The molecule has 0 unspecified atom stereocenters. The number of hydrogen-bond acceptors (Lipinski definition) is 0. The van der Waals surface area contributed by atoms with E-state index in [1.54, 1.807) is 0 Å². The zero-order valence-corrected chi connectivity index (χ0v) is 12.1. The molecule has 0 aromatic carbocycles. The highest BCUT2D eigenvalue weighted by Gasteiger charge is 2.44. The van der Waals surface area contributed by atoms with Crippen LogP contribution in [0.25, 0.3) is 0 Å². The van der Waals surface area contributed by atoms with E-state index in [9.17, 15) is 0 Å². The van der Waals surface area contributed by atoms with Gasteiger partial charge in [-0.1, -0.05) is 35.9 Å². The van der Waals surface area contributed by atoms with Crippen LogP contribution >= 0.6 is 50.7 Å². The minimum Gasteiger partial charge on any atom is -0.122 e. The summed E-state index contributed by atoms with van der Waals surface area (Å²) in [7, 11) is 0. The van der Waals surface area contributed by atoms with Crippen molar-refractivity contribution in [1.29, 1.82) is 0 Å². The molecule has 82 valence electrons. The van der Waals surface area contributed by atoms with Gasteiger partial charge in [0.2, 0.25) is 0 Å². The van der Waals surface area contributed by atoms with Crippen LogP contribution in [0.3, 0.4) is 0 Å². The van der Waals surface area contributed by atoms with Gasteiger partial charge in [-0.05, 0) is 17.4 Å². The third-order valence-electron chi connectivity index (χ3n) is 2.84. The van der Waals surface area contributed by atoms with E-state index in [0.717, 1.165) is 12.0 Å². The van der Waals surface area contributed by atoms with E-state index in [-0.39, 0.29) is 16.2 Å². The van der Waals surface area contributed by atoms with Crippen molar-refractivity contribution in [2.45, 2.75) is 35.8 Å². The smallest absolute Gasteiger partial charge is 0.0621 e. The van der Waals surface area contributed by atoms with E-state index in [0.29, 0.717) is 10.7 Å². The Bertz CT molecular complexity index is 238. The number of hydrogen-bond donors (Lipinski definition) is 0. The summed E-state index contributed by atoms with van der Waals surface area (Å²) in [6.45, 7) is 4.30. The third kappa shape index (κ3) is 2.42. The normalized spacial score (nSPS) is 40.1. The highest BCUT2D eigenvalue weighted by molar-refractivity contribution is 9.09. The molecule has 0 spiro atoms. The molecule has 1 fully saturated rings. The van der Waals surface area contributed by atoms with Gasteiger partial charge in [-0.3, -0.25) is 0 Å². The zero-order chi connectivity index (χ0) is 10.9. The van der Waals surface area contributed by atoms with Crippen LogP contribution in [0.5, 0.6) is 0 Å². The summed E-state index contributed by atoms with van der Waals surface area (Å²) < 4.78 is 0. The fourth-order valence-corrected chi connectivity index (χ4v) is 3.72. The minimum absolute atomic E-state index is 0.00801. The van der Waals surface area contributed by atoms with Crippen LogP contribution in [0, 0.1) is 5.41 Å². The Morgan fingerprint density at radius 3 is 2.57 bits per heavy atom. The largest absolute Gasteiger partial charge is 0.122 e. The van der Waals surface area contributed by atoms with Crippen LogP contribution in [0.4, 0.5) is 0 Å². The van der Waals surface area contributed by atoms with Gasteiger partial charge in [0.25, 0.3) is 0 Å². The first-order valence-electron chi connectivity index (χ1n) is 4.59. The maximum atomic E-state index is 6.40. The molecular weight excluding hydrogens is 306 g/mol. The topological polar surface area (TPSA) is 0 Å². The average molecular weight is 320 g/mol. The van der Waals surface area contributed by atoms with Crippen LogP contribution in [0.2, 0.25) is 0 Å². The molecule has 0 bridgehead atoms. The van der Waals surface area contributed by atoms with Gasteiger partial charge in [-0.25, -0.2) is 0 Å². The Kier molecular flexibility index (Phi) is 4.65. The predicted molar refractivity (Wildman–Crippen MR) is 69.2 cm³/mol. The van der Waals surface area contributed by atoms with E-state index in [2.05, 4.69) is 29.8 Å². The number of rotatable bonds is 1. The van der Waals surface area contributed by atoms with E-state index in [4.69, 9.17) is 34.8 Å². The molecule has 0 aromatic rings. The Balaban J connectivity index is 2.95. The highest BCUT2D eigenvalue weighted by Crippen LogP contribution is 2.47. The number of allylic oxidation sites excluding steroid dienone is 2. The SMILES string of the molecule is CC1(C)[C@H](Br)C[C@@H](Cl)/C(=C\CCl)[C@H]1Cl. The lowest BCUT2D eigenvalue weighted by molar-refractivity contribution is 0.315. The van der Waals surface area contributed by atoms with Gasteiger partial charge in [0, 0.05) is 10.7 Å². The molecule has 1 rings (SSSR count). The molecule has 0 nitrogen and oxygen atoms in total. The molecule has 1 aliphatic rings. The predicted octanol–water partition coefficient (Wildman–Crippen LogP) is 4.56. The van der Waals surface area contributed by atoms with Crippen LogP contribution in [-0.4, -0.2) is 21.5 Å². The molecule has 14 heavy (non-hydrogen) atoms. The molecule has 0 amide bonds. The first kappa shape index (κ1) is 13.2. The number of halogens is 4.